The standard InChI is InChI=1S/C46H88NO12P/c1-3-5-7-9-11-13-15-17-18-19-20-21-22-24-26-28-30-32-34-39(49)38(36-58-60(56,57)59-46-44(54)42(52)41(51)43(53)45(46)55)47-40(50)35-37(48)33-31-29-27-25-23-16-14-12-10-8-6-4-2/h24,26,32,34,37-39,41-46,48-49,51-55H,3-23,25,27-31,33,35-36H2,1-2H3,(H,47,50)(H,56,57)/b26-24+,34-32+. The van der Waals surface area contributed by atoms with Crippen LogP contribution in [0.3, 0.4) is 0 Å². The summed E-state index contributed by atoms with van der Waals surface area (Å²) >= 11 is 0. The third-order valence-electron chi connectivity index (χ3n) is 11.5. The van der Waals surface area contributed by atoms with E-state index in [1.165, 1.54) is 128 Å². The highest BCUT2D eigenvalue weighted by atomic mass is 31.2. The highest BCUT2D eigenvalue weighted by Crippen LogP contribution is 2.47. The number of allylic oxidation sites excluding steroid dienone is 3. The van der Waals surface area contributed by atoms with Crippen molar-refractivity contribution in [2.45, 2.75) is 255 Å². The number of hydrogen-bond donors (Lipinski definition) is 9. The normalized spacial score (nSPS) is 23.6. The first-order valence-electron chi connectivity index (χ1n) is 23.9. The monoisotopic (exact) mass is 878 g/mol. The van der Waals surface area contributed by atoms with Crippen LogP contribution in [0.1, 0.15) is 200 Å². The van der Waals surface area contributed by atoms with Crippen molar-refractivity contribution >= 4 is 13.7 Å². The van der Waals surface area contributed by atoms with Gasteiger partial charge >= 0.3 is 7.82 Å². The second-order valence-corrected chi connectivity index (χ2v) is 18.5. The van der Waals surface area contributed by atoms with Crippen LogP contribution in [0.4, 0.5) is 0 Å². The summed E-state index contributed by atoms with van der Waals surface area (Å²) in [6, 6.07) is -1.25. The minimum atomic E-state index is -5.15. The summed E-state index contributed by atoms with van der Waals surface area (Å²) in [5.74, 6) is -0.602. The van der Waals surface area contributed by atoms with Gasteiger partial charge in [0.05, 0.1) is 31.3 Å². The van der Waals surface area contributed by atoms with Gasteiger partial charge in [-0.25, -0.2) is 4.57 Å². The summed E-state index contributed by atoms with van der Waals surface area (Å²) < 4.78 is 22.9. The summed E-state index contributed by atoms with van der Waals surface area (Å²) in [4.78, 5) is 23.4. The van der Waals surface area contributed by atoms with E-state index in [9.17, 15) is 50.0 Å². The molecule has 60 heavy (non-hydrogen) atoms. The van der Waals surface area contributed by atoms with Gasteiger partial charge in [0.15, 0.2) is 0 Å². The molecular formula is C46H88NO12P. The Morgan fingerprint density at radius 1 is 0.583 bits per heavy atom. The van der Waals surface area contributed by atoms with Gasteiger partial charge in [-0.2, -0.15) is 0 Å². The third kappa shape index (κ3) is 27.8. The van der Waals surface area contributed by atoms with E-state index in [1.54, 1.807) is 6.08 Å². The Hall–Kier alpha value is -1.22. The van der Waals surface area contributed by atoms with Gasteiger partial charge in [0, 0.05) is 0 Å². The second-order valence-electron chi connectivity index (χ2n) is 17.1. The van der Waals surface area contributed by atoms with Crippen molar-refractivity contribution in [1.82, 2.24) is 5.32 Å². The molecule has 1 amide bonds. The van der Waals surface area contributed by atoms with E-state index in [0.29, 0.717) is 12.8 Å². The fourth-order valence-electron chi connectivity index (χ4n) is 7.61. The van der Waals surface area contributed by atoms with Crippen LogP contribution in [0, 0.1) is 0 Å². The van der Waals surface area contributed by atoms with Crippen molar-refractivity contribution in [1.29, 1.82) is 0 Å². The van der Waals surface area contributed by atoms with E-state index in [1.807, 2.05) is 0 Å². The number of hydrogen-bond acceptors (Lipinski definition) is 11. The molecule has 0 aliphatic heterocycles. The molecule has 0 saturated heterocycles. The molecule has 1 aliphatic rings. The molecule has 9 N–H and O–H groups in total. The van der Waals surface area contributed by atoms with Gasteiger partial charge in [-0.15, -0.1) is 0 Å². The fourth-order valence-corrected chi connectivity index (χ4v) is 8.58. The van der Waals surface area contributed by atoms with E-state index in [0.717, 1.165) is 44.9 Å². The molecule has 8 atom stereocenters. The fraction of sp³-hybridized carbons (Fsp3) is 0.891. The molecule has 354 valence electrons. The van der Waals surface area contributed by atoms with Gasteiger partial charge in [-0.05, 0) is 32.1 Å². The van der Waals surface area contributed by atoms with Crippen molar-refractivity contribution < 1.29 is 59.0 Å². The van der Waals surface area contributed by atoms with Crippen molar-refractivity contribution in [2.75, 3.05) is 6.61 Å². The molecule has 0 radical (unpaired) electrons. The van der Waals surface area contributed by atoms with Gasteiger partial charge < -0.3 is 46.0 Å². The van der Waals surface area contributed by atoms with Crippen LogP contribution in [-0.2, 0) is 18.4 Å². The largest absolute Gasteiger partial charge is 0.472 e. The molecule has 1 rings (SSSR count). The zero-order valence-electron chi connectivity index (χ0n) is 37.4. The Kier molecular flexibility index (Phi) is 34.2. The van der Waals surface area contributed by atoms with Gasteiger partial charge in [-0.1, -0.05) is 186 Å². The molecule has 0 aromatic rings. The van der Waals surface area contributed by atoms with Gasteiger partial charge in [0.25, 0.3) is 0 Å². The molecule has 1 saturated carbocycles. The van der Waals surface area contributed by atoms with Crippen molar-refractivity contribution in [3.63, 3.8) is 0 Å². The molecule has 14 heteroatoms. The number of phosphoric acid groups is 1. The predicted octanol–water partition coefficient (Wildman–Crippen LogP) is 7.98. The Bertz CT molecular complexity index is 1130. The number of rotatable bonds is 39. The minimum Gasteiger partial charge on any atom is -0.393 e. The number of aliphatic hydroxyl groups excluding tert-OH is 7. The van der Waals surface area contributed by atoms with E-state index < -0.39 is 75.2 Å². The van der Waals surface area contributed by atoms with Crippen LogP contribution < -0.4 is 5.32 Å². The molecule has 1 fully saturated rings. The summed E-state index contributed by atoms with van der Waals surface area (Å²) in [5.41, 5.74) is 0. The number of phosphoric ester groups is 1. The zero-order valence-corrected chi connectivity index (χ0v) is 38.3. The van der Waals surface area contributed by atoms with Crippen LogP contribution in [-0.4, -0.2) is 108 Å². The molecule has 13 nitrogen and oxygen atoms in total. The van der Waals surface area contributed by atoms with Gasteiger partial charge in [-0.3, -0.25) is 13.8 Å². The molecule has 1 aliphatic carbocycles. The Balaban J connectivity index is 2.57. The van der Waals surface area contributed by atoms with E-state index >= 15 is 0 Å². The maximum absolute atomic E-state index is 13.0. The average molecular weight is 878 g/mol. The van der Waals surface area contributed by atoms with Crippen LogP contribution in [0.5, 0.6) is 0 Å². The van der Waals surface area contributed by atoms with Crippen LogP contribution in [0.25, 0.3) is 0 Å². The predicted molar refractivity (Wildman–Crippen MR) is 238 cm³/mol. The van der Waals surface area contributed by atoms with E-state index in [4.69, 9.17) is 9.05 Å². The number of carbonyl (C=O) groups excluding carboxylic acids is 1. The Labute approximate surface area is 363 Å². The lowest BCUT2D eigenvalue weighted by molar-refractivity contribution is -0.220. The lowest BCUT2D eigenvalue weighted by Gasteiger charge is -2.41. The maximum atomic E-state index is 13.0. The van der Waals surface area contributed by atoms with Crippen molar-refractivity contribution in [2.24, 2.45) is 0 Å². The number of amides is 1. The SMILES string of the molecule is CCCCCCCCCCCCCC/C=C/CC/C=C/C(O)C(COP(=O)(O)OC1C(O)C(O)C(O)C(O)C1O)NC(=O)CC(O)CCCCCCCCCCCCCC. The Morgan fingerprint density at radius 3 is 1.47 bits per heavy atom. The van der Waals surface area contributed by atoms with Gasteiger partial charge in [0.2, 0.25) is 5.91 Å². The van der Waals surface area contributed by atoms with E-state index in [-0.39, 0.29) is 6.42 Å². The highest BCUT2D eigenvalue weighted by Gasteiger charge is 2.51. The minimum absolute atomic E-state index is 0.249. The average Bonchev–Trinajstić information content (AvgIpc) is 3.22. The number of unbranched alkanes of at least 4 members (excludes halogenated alkanes) is 24. The third-order valence-corrected chi connectivity index (χ3v) is 12.5. The maximum Gasteiger partial charge on any atom is 0.472 e. The number of nitrogens with one attached hydrogen (secondary N) is 1. The van der Waals surface area contributed by atoms with Crippen LogP contribution >= 0.6 is 7.82 Å². The first-order chi connectivity index (χ1) is 28.8. The molecule has 0 aromatic heterocycles. The first kappa shape index (κ1) is 56.8. The molecular weight excluding hydrogens is 789 g/mol. The number of carbonyl (C=O) groups is 1. The number of aliphatic hydroxyl groups is 7. The molecule has 0 bridgehead atoms. The lowest BCUT2D eigenvalue weighted by atomic mass is 9.85. The molecule has 0 heterocycles. The summed E-state index contributed by atoms with van der Waals surface area (Å²) in [5, 5.41) is 74.4. The van der Waals surface area contributed by atoms with Crippen LogP contribution in [0.2, 0.25) is 0 Å². The highest BCUT2D eigenvalue weighted by molar-refractivity contribution is 7.47. The van der Waals surface area contributed by atoms with Crippen molar-refractivity contribution in [3.8, 4) is 0 Å². The van der Waals surface area contributed by atoms with Crippen LogP contribution in [0.15, 0.2) is 24.3 Å². The summed E-state index contributed by atoms with van der Waals surface area (Å²) in [6.07, 6.45) is 25.6. The first-order valence-corrected chi connectivity index (χ1v) is 25.4. The zero-order chi connectivity index (χ0) is 44.4. The second kappa shape index (κ2) is 36.2. The van der Waals surface area contributed by atoms with Gasteiger partial charge in [0.1, 0.15) is 36.6 Å². The lowest BCUT2D eigenvalue weighted by Crippen LogP contribution is -2.64. The molecule has 8 unspecified atom stereocenters. The molecule has 0 spiro atoms. The van der Waals surface area contributed by atoms with E-state index in [2.05, 4.69) is 31.3 Å². The quantitative estimate of drug-likeness (QED) is 0.0163. The summed E-state index contributed by atoms with van der Waals surface area (Å²) in [7, 11) is -5.15. The molecule has 0 aromatic carbocycles. The summed E-state index contributed by atoms with van der Waals surface area (Å²) in [6.45, 7) is 3.73. The smallest absolute Gasteiger partial charge is 0.393 e. The topological polar surface area (TPSA) is 226 Å². The van der Waals surface area contributed by atoms with Crippen molar-refractivity contribution in [3.05, 3.63) is 24.3 Å². The Morgan fingerprint density at radius 2 is 0.983 bits per heavy atom.